The molecular weight excluding hydrogens is 430 g/mol. The molecule has 1 aromatic carbocycles. The number of rotatable bonds is 11. The number of nitrogens with zero attached hydrogens (tertiary/aromatic N) is 4. The average Bonchev–Trinajstić information content (AvgIpc) is 3.24. The predicted octanol–water partition coefficient (Wildman–Crippen LogP) is 5.88. The lowest BCUT2D eigenvalue weighted by molar-refractivity contribution is -0.402. The molecule has 32 heavy (non-hydrogen) atoms. The highest BCUT2D eigenvalue weighted by molar-refractivity contribution is 6.31. The van der Waals surface area contributed by atoms with Gasteiger partial charge in [-0.1, -0.05) is 25.4 Å². The summed E-state index contributed by atoms with van der Waals surface area (Å²) in [6.07, 6.45) is 5.38. The van der Waals surface area contributed by atoms with Crippen LogP contribution in [0.3, 0.4) is 0 Å². The van der Waals surface area contributed by atoms with E-state index in [2.05, 4.69) is 41.0 Å². The van der Waals surface area contributed by atoms with E-state index < -0.39 is 4.92 Å². The highest BCUT2D eigenvalue weighted by Crippen LogP contribution is 2.25. The first-order valence-corrected chi connectivity index (χ1v) is 11.2. The van der Waals surface area contributed by atoms with Gasteiger partial charge < -0.3 is 14.6 Å². The van der Waals surface area contributed by atoms with Crippen molar-refractivity contribution in [3.05, 3.63) is 57.1 Å². The van der Waals surface area contributed by atoms with Crippen LogP contribution in [0, 0.1) is 10.1 Å². The molecule has 1 unspecified atom stereocenters. The molecule has 170 valence electrons. The molecule has 0 spiro atoms. The molecule has 0 saturated heterocycles. The summed E-state index contributed by atoms with van der Waals surface area (Å²) in [4.78, 5) is 21.9. The van der Waals surface area contributed by atoms with Crippen molar-refractivity contribution in [2.75, 3.05) is 25.0 Å². The molecule has 0 amide bonds. The Morgan fingerprint density at radius 3 is 2.69 bits per heavy atom. The number of nitro groups is 1. The van der Waals surface area contributed by atoms with Gasteiger partial charge in [0, 0.05) is 16.5 Å². The van der Waals surface area contributed by atoms with Gasteiger partial charge >= 0.3 is 5.88 Å². The Kier molecular flexibility index (Phi) is 8.19. The van der Waals surface area contributed by atoms with E-state index in [9.17, 15) is 10.1 Å². The maximum Gasteiger partial charge on any atom is 0.433 e. The largest absolute Gasteiger partial charge is 0.433 e. The maximum absolute atomic E-state index is 10.8. The second-order valence-corrected chi connectivity index (χ2v) is 8.01. The van der Waals surface area contributed by atoms with E-state index in [-0.39, 0.29) is 11.9 Å². The Morgan fingerprint density at radius 1 is 1.22 bits per heavy atom. The zero-order valence-corrected chi connectivity index (χ0v) is 19.3. The summed E-state index contributed by atoms with van der Waals surface area (Å²) in [5.74, 6) is 1.23. The lowest BCUT2D eigenvalue weighted by Crippen LogP contribution is -2.25. The first-order valence-electron chi connectivity index (χ1n) is 10.8. The number of nitrogens with one attached hydrogen (secondary N) is 1. The number of halogens is 1. The first-order chi connectivity index (χ1) is 15.4. The van der Waals surface area contributed by atoms with Gasteiger partial charge in [0.05, 0.1) is 11.6 Å². The standard InChI is InChI=1S/C23H28ClN5O3/c1-4-28(5-2)14-6-7-16(3)25-23-19-11-8-17(24)15-20(19)26-21(27-23)12-9-18-10-13-22(32-18)29(30)31/h8-13,15-16H,4-7,14H2,1-3H3,(H,25,26,27). The number of aromatic nitrogens is 2. The van der Waals surface area contributed by atoms with Crippen LogP contribution in [0.5, 0.6) is 0 Å². The fourth-order valence-corrected chi connectivity index (χ4v) is 3.62. The van der Waals surface area contributed by atoms with E-state index in [0.29, 0.717) is 16.6 Å². The number of furan rings is 1. The fourth-order valence-electron chi connectivity index (χ4n) is 3.46. The van der Waals surface area contributed by atoms with E-state index in [1.54, 1.807) is 18.2 Å². The summed E-state index contributed by atoms with van der Waals surface area (Å²) in [6, 6.07) is 8.59. The molecule has 8 nitrogen and oxygen atoms in total. The van der Waals surface area contributed by atoms with Crippen molar-refractivity contribution in [2.45, 2.75) is 39.7 Å². The van der Waals surface area contributed by atoms with Crippen LogP contribution < -0.4 is 5.32 Å². The zero-order chi connectivity index (χ0) is 23.1. The predicted molar refractivity (Wildman–Crippen MR) is 129 cm³/mol. The van der Waals surface area contributed by atoms with Crippen molar-refractivity contribution in [2.24, 2.45) is 0 Å². The number of hydrogen-bond donors (Lipinski definition) is 1. The van der Waals surface area contributed by atoms with Crippen LogP contribution in [-0.2, 0) is 0 Å². The topological polar surface area (TPSA) is 97.3 Å². The van der Waals surface area contributed by atoms with Crippen LogP contribution in [-0.4, -0.2) is 45.5 Å². The third kappa shape index (κ3) is 6.27. The molecule has 2 aromatic heterocycles. The van der Waals surface area contributed by atoms with Crippen LogP contribution in [0.2, 0.25) is 5.02 Å². The van der Waals surface area contributed by atoms with Gasteiger partial charge in [0.2, 0.25) is 0 Å². The van der Waals surface area contributed by atoms with Crippen molar-refractivity contribution >= 4 is 46.4 Å². The van der Waals surface area contributed by atoms with Gasteiger partial charge in [0.1, 0.15) is 16.5 Å². The lowest BCUT2D eigenvalue weighted by Gasteiger charge is -2.20. The minimum absolute atomic E-state index is 0.226. The summed E-state index contributed by atoms with van der Waals surface area (Å²) in [5.41, 5.74) is 0.718. The van der Waals surface area contributed by atoms with Crippen molar-refractivity contribution < 1.29 is 9.34 Å². The molecule has 1 atom stereocenters. The van der Waals surface area contributed by atoms with Crippen molar-refractivity contribution in [1.82, 2.24) is 14.9 Å². The molecule has 0 saturated carbocycles. The number of hydrogen-bond acceptors (Lipinski definition) is 7. The molecule has 3 aromatic rings. The SMILES string of the molecule is CCN(CC)CCCC(C)Nc1nc(C=Cc2ccc([N+](=O)[O-])o2)nc2cc(Cl)ccc12. The van der Waals surface area contributed by atoms with E-state index in [1.807, 2.05) is 12.1 Å². The second kappa shape index (κ2) is 11.1. The summed E-state index contributed by atoms with van der Waals surface area (Å²) in [5, 5.41) is 15.8. The summed E-state index contributed by atoms with van der Waals surface area (Å²) in [7, 11) is 0. The zero-order valence-electron chi connectivity index (χ0n) is 18.5. The van der Waals surface area contributed by atoms with Crippen LogP contribution in [0.15, 0.2) is 34.7 Å². The molecule has 0 radical (unpaired) electrons. The number of fused-ring (bicyclic) bond motifs is 1. The molecule has 0 aliphatic heterocycles. The van der Waals surface area contributed by atoms with Crippen LogP contribution in [0.1, 0.15) is 45.2 Å². The van der Waals surface area contributed by atoms with Gasteiger partial charge in [-0.05, 0) is 75.8 Å². The third-order valence-electron chi connectivity index (χ3n) is 5.25. The van der Waals surface area contributed by atoms with Gasteiger partial charge in [-0.25, -0.2) is 9.97 Å². The van der Waals surface area contributed by atoms with Gasteiger partial charge in [0.15, 0.2) is 5.82 Å². The monoisotopic (exact) mass is 457 g/mol. The van der Waals surface area contributed by atoms with E-state index in [4.69, 9.17) is 16.0 Å². The Hall–Kier alpha value is -2.97. The highest BCUT2D eigenvalue weighted by Gasteiger charge is 2.12. The summed E-state index contributed by atoms with van der Waals surface area (Å²) >= 11 is 6.18. The summed E-state index contributed by atoms with van der Waals surface area (Å²) in [6.45, 7) is 9.69. The highest BCUT2D eigenvalue weighted by atomic mass is 35.5. The van der Waals surface area contributed by atoms with E-state index >= 15 is 0 Å². The quantitative estimate of drug-likeness (QED) is 0.283. The Labute approximate surface area is 192 Å². The molecule has 3 rings (SSSR count). The molecule has 0 fully saturated rings. The normalized spacial score (nSPS) is 12.7. The van der Waals surface area contributed by atoms with E-state index in [0.717, 1.165) is 49.2 Å². The molecule has 0 bridgehead atoms. The van der Waals surface area contributed by atoms with Gasteiger partial charge in [0.25, 0.3) is 0 Å². The number of benzene rings is 1. The maximum atomic E-state index is 10.8. The number of anilines is 1. The fraction of sp³-hybridized carbons (Fsp3) is 0.391. The molecular formula is C23H28ClN5O3. The van der Waals surface area contributed by atoms with E-state index in [1.165, 1.54) is 12.1 Å². The van der Waals surface area contributed by atoms with Gasteiger partial charge in [-0.3, -0.25) is 10.1 Å². The van der Waals surface area contributed by atoms with Gasteiger partial charge in [-0.15, -0.1) is 0 Å². The van der Waals surface area contributed by atoms with Gasteiger partial charge in [-0.2, -0.15) is 0 Å². The minimum atomic E-state index is -0.574. The second-order valence-electron chi connectivity index (χ2n) is 7.57. The third-order valence-corrected chi connectivity index (χ3v) is 5.49. The van der Waals surface area contributed by atoms with Crippen LogP contribution in [0.4, 0.5) is 11.7 Å². The molecule has 9 heteroatoms. The van der Waals surface area contributed by atoms with Crippen LogP contribution >= 0.6 is 11.6 Å². The van der Waals surface area contributed by atoms with Crippen molar-refractivity contribution in [3.8, 4) is 0 Å². The Morgan fingerprint density at radius 2 is 2.00 bits per heavy atom. The lowest BCUT2D eigenvalue weighted by atomic mass is 10.1. The molecule has 0 aliphatic carbocycles. The molecule has 1 N–H and O–H groups in total. The van der Waals surface area contributed by atoms with Crippen LogP contribution in [0.25, 0.3) is 23.1 Å². The Bertz CT molecular complexity index is 1090. The summed E-state index contributed by atoms with van der Waals surface area (Å²) < 4.78 is 5.17. The average molecular weight is 458 g/mol. The Balaban J connectivity index is 1.80. The van der Waals surface area contributed by atoms with Crippen molar-refractivity contribution in [3.63, 3.8) is 0 Å². The first kappa shape index (κ1) is 23.7. The van der Waals surface area contributed by atoms with Crippen molar-refractivity contribution in [1.29, 1.82) is 0 Å². The molecule has 0 aliphatic rings. The smallest absolute Gasteiger partial charge is 0.401 e. The minimum Gasteiger partial charge on any atom is -0.401 e. The molecule has 2 heterocycles.